The Morgan fingerprint density at radius 1 is 0.800 bits per heavy atom. The molecule has 3 aliphatic rings. The van der Waals surface area contributed by atoms with Gasteiger partial charge in [0.05, 0.1) is 18.8 Å². The van der Waals surface area contributed by atoms with E-state index in [1.165, 1.54) is 32.1 Å². The second-order valence-electron chi connectivity index (χ2n) is 13.6. The Hall–Kier alpha value is -3.77. The predicted molar refractivity (Wildman–Crippen MR) is 182 cm³/mol. The van der Waals surface area contributed by atoms with Gasteiger partial charge in [0.1, 0.15) is 6.04 Å². The Kier molecular flexibility index (Phi) is 11.9. The van der Waals surface area contributed by atoms with Crippen molar-refractivity contribution in [1.82, 2.24) is 15.1 Å². The number of carbonyl (C=O) groups excluding carboxylic acids is 2. The highest BCUT2D eigenvalue weighted by molar-refractivity contribution is 5.90. The molecule has 0 aliphatic carbocycles. The van der Waals surface area contributed by atoms with Crippen molar-refractivity contribution in [2.75, 3.05) is 26.2 Å². The van der Waals surface area contributed by atoms with Gasteiger partial charge >= 0.3 is 12.1 Å². The van der Waals surface area contributed by atoms with Crippen LogP contribution in [-0.2, 0) is 32.2 Å². The first-order chi connectivity index (χ1) is 24.2. The quantitative estimate of drug-likeness (QED) is 0.256. The topological polar surface area (TPSA) is 91.3 Å². The molecule has 6 rings (SSSR count). The van der Waals surface area contributed by atoms with Gasteiger partial charge in [0, 0.05) is 31.6 Å². The molecular formula is C39H46F3N3O5. The first-order valence-electron chi connectivity index (χ1n) is 17.8. The lowest BCUT2D eigenvalue weighted by Gasteiger charge is -2.38. The molecule has 3 saturated heterocycles. The van der Waals surface area contributed by atoms with Crippen molar-refractivity contribution in [1.29, 1.82) is 0 Å². The van der Waals surface area contributed by atoms with Gasteiger partial charge in [-0.25, -0.2) is 0 Å². The maximum atomic E-state index is 13.0. The fourth-order valence-electron chi connectivity index (χ4n) is 7.26. The van der Waals surface area contributed by atoms with Crippen molar-refractivity contribution < 1.29 is 37.3 Å². The molecule has 3 heterocycles. The summed E-state index contributed by atoms with van der Waals surface area (Å²) in [5.41, 5.74) is 5.47. The van der Waals surface area contributed by atoms with Crippen LogP contribution in [0.25, 0.3) is 11.1 Å². The van der Waals surface area contributed by atoms with Crippen molar-refractivity contribution in [2.24, 2.45) is 0 Å². The second-order valence-corrected chi connectivity index (χ2v) is 13.6. The molecule has 8 nitrogen and oxygen atoms in total. The molecule has 4 atom stereocenters. The number of nitrogens with one attached hydrogen (secondary N) is 1. The van der Waals surface area contributed by atoms with Crippen LogP contribution in [0, 0.1) is 0 Å². The van der Waals surface area contributed by atoms with E-state index in [9.17, 15) is 27.9 Å². The van der Waals surface area contributed by atoms with Crippen LogP contribution in [0.1, 0.15) is 86.0 Å². The van der Waals surface area contributed by atoms with Gasteiger partial charge < -0.3 is 29.7 Å². The van der Waals surface area contributed by atoms with E-state index < -0.39 is 30.3 Å². The Balaban J connectivity index is 1.12. The molecule has 0 radical (unpaired) electrons. The van der Waals surface area contributed by atoms with Gasteiger partial charge in [-0.2, -0.15) is 13.2 Å². The van der Waals surface area contributed by atoms with E-state index in [2.05, 4.69) is 10.2 Å². The number of nitrogens with zero attached hydrogens (tertiary/aromatic N) is 2. The molecule has 0 unspecified atom stereocenters. The average molecular weight is 694 g/mol. The summed E-state index contributed by atoms with van der Waals surface area (Å²) >= 11 is 0. The molecule has 3 aliphatic heterocycles. The van der Waals surface area contributed by atoms with Crippen LogP contribution in [0.5, 0.6) is 0 Å². The normalized spacial score (nSPS) is 23.6. The van der Waals surface area contributed by atoms with E-state index in [4.69, 9.17) is 9.47 Å². The maximum Gasteiger partial charge on any atom is 0.471 e. The standard InChI is InChI=1S/C39H46F3N3O5/c40-39(41,42)38(48)45-21-7-10-34(45)36(47)43-24-28-8-6-9-32(22-28)29-15-17-31(18-16-29)37-49-33(25-44-19-4-2-1-3-5-20-44)23-35(50-37)30-13-11-27(26-46)12-14-30/h6,8-9,11-18,22,33-35,37,46H,1-5,7,10,19-21,23-26H2,(H,43,47)/t33-,34+,35+,37+/m1/s1. The predicted octanol–water partition coefficient (Wildman–Crippen LogP) is 6.83. The summed E-state index contributed by atoms with van der Waals surface area (Å²) in [5, 5.41) is 12.3. The number of carbonyl (C=O) groups is 2. The van der Waals surface area contributed by atoms with Crippen LogP contribution in [0.3, 0.4) is 0 Å². The van der Waals surface area contributed by atoms with Gasteiger partial charge in [-0.1, -0.05) is 86.0 Å². The Bertz CT molecular complexity index is 1580. The number of likely N-dealkylation sites (tertiary alicyclic amines) is 2. The van der Waals surface area contributed by atoms with Crippen LogP contribution in [-0.4, -0.2) is 71.2 Å². The Labute approximate surface area is 291 Å². The first-order valence-corrected chi connectivity index (χ1v) is 17.8. The summed E-state index contributed by atoms with van der Waals surface area (Å²) in [5.74, 6) is -2.56. The summed E-state index contributed by atoms with van der Waals surface area (Å²) in [4.78, 5) is 27.8. The molecule has 268 valence electrons. The fourth-order valence-corrected chi connectivity index (χ4v) is 7.26. The number of halogens is 3. The van der Waals surface area contributed by atoms with Gasteiger partial charge in [-0.3, -0.25) is 9.59 Å². The fraction of sp³-hybridized carbons (Fsp3) is 0.487. The van der Waals surface area contributed by atoms with Crippen LogP contribution in [0.15, 0.2) is 72.8 Å². The molecule has 3 aromatic rings. The third-order valence-corrected chi connectivity index (χ3v) is 9.99. The lowest BCUT2D eigenvalue weighted by molar-refractivity contribution is -0.253. The highest BCUT2D eigenvalue weighted by Gasteiger charge is 2.47. The van der Waals surface area contributed by atoms with Gasteiger partial charge in [0.2, 0.25) is 5.91 Å². The molecule has 0 aromatic heterocycles. The van der Waals surface area contributed by atoms with E-state index in [-0.39, 0.29) is 38.3 Å². The number of benzene rings is 3. The molecule has 50 heavy (non-hydrogen) atoms. The molecule has 11 heteroatoms. The van der Waals surface area contributed by atoms with E-state index in [1.54, 1.807) is 0 Å². The number of ether oxygens (including phenoxy) is 2. The molecular weight excluding hydrogens is 647 g/mol. The van der Waals surface area contributed by atoms with Gasteiger partial charge in [0.15, 0.2) is 6.29 Å². The average Bonchev–Trinajstić information content (AvgIpc) is 3.61. The van der Waals surface area contributed by atoms with Crippen LogP contribution >= 0.6 is 0 Å². The monoisotopic (exact) mass is 693 g/mol. The summed E-state index contributed by atoms with van der Waals surface area (Å²) in [6.07, 6.45) is 1.81. The highest BCUT2D eigenvalue weighted by Crippen LogP contribution is 2.39. The number of alkyl halides is 3. The van der Waals surface area contributed by atoms with Crippen LogP contribution < -0.4 is 5.32 Å². The minimum atomic E-state index is -5.01. The van der Waals surface area contributed by atoms with Crippen molar-refractivity contribution in [3.05, 3.63) is 95.1 Å². The lowest BCUT2D eigenvalue weighted by Crippen LogP contribution is -2.50. The van der Waals surface area contributed by atoms with Gasteiger partial charge in [-0.05, 0) is 72.7 Å². The molecule has 3 fully saturated rings. The Morgan fingerprint density at radius 2 is 1.50 bits per heavy atom. The molecule has 3 aromatic carbocycles. The molecule has 2 amide bonds. The molecule has 2 N–H and O–H groups in total. The van der Waals surface area contributed by atoms with Gasteiger partial charge in [0.25, 0.3) is 0 Å². The van der Waals surface area contributed by atoms with E-state index in [0.717, 1.165) is 59.4 Å². The first kappa shape index (κ1) is 36.0. The second kappa shape index (κ2) is 16.5. The smallest absolute Gasteiger partial charge is 0.392 e. The zero-order valence-corrected chi connectivity index (χ0v) is 28.2. The third kappa shape index (κ3) is 9.11. The van der Waals surface area contributed by atoms with Crippen molar-refractivity contribution in [2.45, 2.75) is 95.2 Å². The third-order valence-electron chi connectivity index (χ3n) is 9.99. The minimum absolute atomic E-state index is 0.00818. The highest BCUT2D eigenvalue weighted by atomic mass is 19.4. The number of hydrogen-bond acceptors (Lipinski definition) is 6. The van der Waals surface area contributed by atoms with E-state index in [0.29, 0.717) is 11.3 Å². The summed E-state index contributed by atoms with van der Waals surface area (Å²) in [6.45, 7) is 3.04. The molecule has 0 spiro atoms. The zero-order chi connectivity index (χ0) is 35.1. The number of aliphatic hydroxyl groups is 1. The molecule has 0 bridgehead atoms. The van der Waals surface area contributed by atoms with Crippen molar-refractivity contribution in [3.63, 3.8) is 0 Å². The number of aliphatic hydroxyl groups excluding tert-OH is 1. The zero-order valence-electron chi connectivity index (χ0n) is 28.2. The number of amides is 2. The summed E-state index contributed by atoms with van der Waals surface area (Å²) < 4.78 is 52.2. The van der Waals surface area contributed by atoms with Gasteiger partial charge in [-0.15, -0.1) is 0 Å². The van der Waals surface area contributed by atoms with Crippen molar-refractivity contribution >= 4 is 11.8 Å². The lowest BCUT2D eigenvalue weighted by atomic mass is 9.98. The number of hydrogen-bond donors (Lipinski definition) is 2. The van der Waals surface area contributed by atoms with Crippen molar-refractivity contribution in [3.8, 4) is 11.1 Å². The van der Waals surface area contributed by atoms with E-state index >= 15 is 0 Å². The van der Waals surface area contributed by atoms with E-state index in [1.807, 2.05) is 72.8 Å². The minimum Gasteiger partial charge on any atom is -0.392 e. The maximum absolute atomic E-state index is 13.0. The largest absolute Gasteiger partial charge is 0.471 e. The summed E-state index contributed by atoms with van der Waals surface area (Å²) in [7, 11) is 0. The van der Waals surface area contributed by atoms with Crippen LogP contribution in [0.2, 0.25) is 0 Å². The SMILES string of the molecule is O=C(NCc1cccc(-c2ccc([C@H]3O[C@@H](CN4CCCCCCC4)C[C@@H](c4ccc(CO)cc4)O3)cc2)c1)[C@@H]1CCCN1C(=O)C(F)(F)F. The van der Waals surface area contributed by atoms with Crippen LogP contribution in [0.4, 0.5) is 13.2 Å². The number of rotatable bonds is 9. The molecule has 0 saturated carbocycles. The Morgan fingerprint density at radius 3 is 2.20 bits per heavy atom. The summed E-state index contributed by atoms with van der Waals surface area (Å²) in [6, 6.07) is 22.4.